The fraction of sp³-hybridized carbons (Fsp3) is 0.235. The third-order valence-electron chi connectivity index (χ3n) is 6.84. The molecule has 0 saturated carbocycles. The summed E-state index contributed by atoms with van der Waals surface area (Å²) in [5, 5.41) is 19.2. The van der Waals surface area contributed by atoms with Gasteiger partial charge < -0.3 is 14.7 Å². The number of aliphatic carboxylic acids is 1. The van der Waals surface area contributed by atoms with Crippen LogP contribution in [0.3, 0.4) is 0 Å². The van der Waals surface area contributed by atoms with Crippen LogP contribution in [0.5, 0.6) is 0 Å². The molecule has 2 atom stereocenters. The van der Waals surface area contributed by atoms with E-state index in [2.05, 4.69) is 35.8 Å². The van der Waals surface area contributed by atoms with Gasteiger partial charge >= 0.3 is 5.97 Å². The monoisotopic (exact) mass is 585 g/mol. The highest BCUT2D eigenvalue weighted by Crippen LogP contribution is 2.46. The van der Waals surface area contributed by atoms with Crippen molar-refractivity contribution in [2.75, 3.05) is 13.3 Å². The van der Waals surface area contributed by atoms with Crippen LogP contribution < -0.4 is 0 Å². The third-order valence-corrected chi connectivity index (χ3v) is 8.78. The first-order valence-electron chi connectivity index (χ1n) is 13.6. The molecule has 0 radical (unpaired) electrons. The Morgan fingerprint density at radius 3 is 2.05 bits per heavy atom. The minimum atomic E-state index is -3.74. The summed E-state index contributed by atoms with van der Waals surface area (Å²) < 4.78 is 32.6. The molecule has 1 aromatic heterocycles. The molecule has 4 aromatic rings. The summed E-state index contributed by atoms with van der Waals surface area (Å²) >= 11 is 0. The number of carbonyl (C=O) groups is 1. The Hall–Kier alpha value is -4.08. The number of aliphatic hydroxyl groups is 1. The quantitative estimate of drug-likeness (QED) is 0.150. The molecule has 0 amide bonds. The van der Waals surface area contributed by atoms with E-state index in [-0.39, 0.29) is 17.7 Å². The van der Waals surface area contributed by atoms with Crippen LogP contribution in [0.4, 0.5) is 4.39 Å². The Kier molecular flexibility index (Phi) is 10.1. The molecule has 0 spiro atoms. The molecule has 0 aliphatic rings. The van der Waals surface area contributed by atoms with E-state index in [9.17, 15) is 18.9 Å². The van der Waals surface area contributed by atoms with Gasteiger partial charge in [0.15, 0.2) is 0 Å². The summed E-state index contributed by atoms with van der Waals surface area (Å²) in [5.74, 6) is 1.12. The molecule has 8 heteroatoms. The van der Waals surface area contributed by atoms with E-state index in [0.29, 0.717) is 22.4 Å². The average Bonchev–Trinajstić information content (AvgIpc) is 2.97. The van der Waals surface area contributed by atoms with Crippen LogP contribution in [0.15, 0.2) is 91.0 Å². The SMILES string of the molecule is COP(=O)(C#Cc1c(-c2ccc(F)cc2)cc(C(c2ccccc2)c2ccccc2)nc1C(C)C)C[C@@H](O)CC(=O)O. The molecule has 216 valence electrons. The van der Waals surface area contributed by atoms with E-state index < -0.39 is 32.0 Å². The highest BCUT2D eigenvalue weighted by atomic mass is 31.2. The number of hydrogen-bond acceptors (Lipinski definition) is 5. The van der Waals surface area contributed by atoms with Gasteiger partial charge in [0.2, 0.25) is 0 Å². The van der Waals surface area contributed by atoms with Gasteiger partial charge in [0.1, 0.15) is 5.82 Å². The molecule has 0 aliphatic carbocycles. The van der Waals surface area contributed by atoms with E-state index in [1.54, 1.807) is 12.1 Å². The fourth-order valence-electron chi connectivity index (χ4n) is 4.81. The number of benzene rings is 3. The van der Waals surface area contributed by atoms with Crippen LogP contribution in [0.25, 0.3) is 11.1 Å². The first kappa shape index (κ1) is 30.9. The van der Waals surface area contributed by atoms with Crippen molar-refractivity contribution >= 4 is 13.3 Å². The van der Waals surface area contributed by atoms with Crippen molar-refractivity contribution in [2.45, 2.75) is 38.2 Å². The maximum Gasteiger partial charge on any atom is 0.305 e. The standard InChI is InChI=1S/C34H33FNO5P/c1-23(2)34-29(18-19-42(40,41-3)22-28(37)20-32(38)39)30(24-14-16-27(35)17-15-24)21-31(36-34)33(25-10-6-4-7-11-25)26-12-8-5-9-13-26/h4-17,21,23,28,33,37H,20,22H2,1-3H3,(H,38,39)/t28-,42?/m0/s1. The first-order chi connectivity index (χ1) is 20.1. The summed E-state index contributed by atoms with van der Waals surface area (Å²) in [6.45, 7) is 3.97. The van der Waals surface area contributed by atoms with Crippen molar-refractivity contribution in [3.05, 3.63) is 125 Å². The summed E-state index contributed by atoms with van der Waals surface area (Å²) in [6, 6.07) is 28.1. The zero-order chi connectivity index (χ0) is 30.3. The van der Waals surface area contributed by atoms with Gasteiger partial charge in [-0.2, -0.15) is 0 Å². The van der Waals surface area contributed by atoms with Crippen molar-refractivity contribution in [2.24, 2.45) is 0 Å². The van der Waals surface area contributed by atoms with Crippen molar-refractivity contribution in [3.63, 3.8) is 0 Å². The van der Waals surface area contributed by atoms with E-state index in [4.69, 9.17) is 14.6 Å². The summed E-state index contributed by atoms with van der Waals surface area (Å²) in [7, 11) is -2.52. The highest BCUT2D eigenvalue weighted by Gasteiger charge is 2.27. The minimum absolute atomic E-state index is 0.0971. The zero-order valence-electron chi connectivity index (χ0n) is 23.7. The third kappa shape index (κ3) is 7.60. The maximum absolute atomic E-state index is 14.0. The van der Waals surface area contributed by atoms with E-state index in [0.717, 1.165) is 16.8 Å². The maximum atomic E-state index is 14.0. The Labute approximate surface area is 245 Å². The van der Waals surface area contributed by atoms with E-state index >= 15 is 0 Å². The largest absolute Gasteiger partial charge is 0.481 e. The van der Waals surface area contributed by atoms with Gasteiger partial charge in [-0.3, -0.25) is 14.3 Å². The molecule has 0 bridgehead atoms. The number of halogens is 1. The molecular formula is C34H33FNO5P. The van der Waals surface area contributed by atoms with Gasteiger partial charge in [0.05, 0.1) is 41.6 Å². The lowest BCUT2D eigenvalue weighted by atomic mass is 9.85. The number of pyridine rings is 1. The van der Waals surface area contributed by atoms with Crippen molar-refractivity contribution in [3.8, 4) is 22.7 Å². The molecular weight excluding hydrogens is 552 g/mol. The van der Waals surface area contributed by atoms with Gasteiger partial charge in [-0.05, 0) is 46.5 Å². The lowest BCUT2D eigenvalue weighted by molar-refractivity contribution is -0.138. The normalized spacial score (nSPS) is 13.3. The smallest absolute Gasteiger partial charge is 0.305 e. The lowest BCUT2D eigenvalue weighted by Crippen LogP contribution is -2.17. The number of rotatable bonds is 10. The van der Waals surface area contributed by atoms with Crippen LogP contribution in [-0.2, 0) is 13.9 Å². The van der Waals surface area contributed by atoms with Crippen LogP contribution in [-0.4, -0.2) is 40.5 Å². The molecule has 4 rings (SSSR count). The molecule has 0 aliphatic heterocycles. The molecule has 1 unspecified atom stereocenters. The van der Waals surface area contributed by atoms with Gasteiger partial charge in [-0.1, -0.05) is 92.6 Å². The molecule has 42 heavy (non-hydrogen) atoms. The van der Waals surface area contributed by atoms with Crippen molar-refractivity contribution in [1.82, 2.24) is 4.98 Å². The summed E-state index contributed by atoms with van der Waals surface area (Å²) in [5.41, 5.74) is 8.12. The number of carboxylic acid groups (broad SMARTS) is 1. The van der Waals surface area contributed by atoms with Crippen LogP contribution in [0.1, 0.15) is 60.2 Å². The number of carboxylic acids is 1. The number of aliphatic hydroxyl groups excluding tert-OH is 1. The van der Waals surface area contributed by atoms with Gasteiger partial charge in [0, 0.05) is 12.7 Å². The van der Waals surface area contributed by atoms with Crippen molar-refractivity contribution in [1.29, 1.82) is 0 Å². The lowest BCUT2D eigenvalue weighted by Gasteiger charge is -2.22. The second kappa shape index (κ2) is 13.7. The second-order valence-corrected chi connectivity index (χ2v) is 12.6. The topological polar surface area (TPSA) is 96.7 Å². The Bertz CT molecular complexity index is 1590. The number of nitrogens with zero attached hydrogens (tertiary/aromatic N) is 1. The predicted octanol–water partition coefficient (Wildman–Crippen LogP) is 7.26. The molecule has 6 nitrogen and oxygen atoms in total. The average molecular weight is 586 g/mol. The fourth-order valence-corrected chi connectivity index (χ4v) is 6.11. The Balaban J connectivity index is 1.96. The second-order valence-electron chi connectivity index (χ2n) is 10.3. The van der Waals surface area contributed by atoms with Gasteiger partial charge in [0.25, 0.3) is 7.37 Å². The number of aromatic nitrogens is 1. The molecule has 0 saturated heterocycles. The number of hydrogen-bond donors (Lipinski definition) is 2. The molecule has 3 aromatic carbocycles. The Morgan fingerprint density at radius 1 is 0.976 bits per heavy atom. The zero-order valence-corrected chi connectivity index (χ0v) is 24.6. The predicted molar refractivity (Wildman–Crippen MR) is 162 cm³/mol. The van der Waals surface area contributed by atoms with Crippen LogP contribution in [0.2, 0.25) is 0 Å². The van der Waals surface area contributed by atoms with E-state index in [1.807, 2.05) is 56.3 Å². The minimum Gasteiger partial charge on any atom is -0.481 e. The van der Waals surface area contributed by atoms with Gasteiger partial charge in [-0.15, -0.1) is 0 Å². The molecule has 2 N–H and O–H groups in total. The van der Waals surface area contributed by atoms with Crippen molar-refractivity contribution < 1.29 is 28.5 Å². The van der Waals surface area contributed by atoms with E-state index in [1.165, 1.54) is 19.2 Å². The molecule has 0 fully saturated rings. The Morgan fingerprint density at radius 2 is 1.55 bits per heavy atom. The summed E-state index contributed by atoms with van der Waals surface area (Å²) in [4.78, 5) is 16.2. The first-order valence-corrected chi connectivity index (χ1v) is 15.4. The highest BCUT2D eigenvalue weighted by molar-refractivity contribution is 7.64. The molecule has 1 heterocycles. The van der Waals surface area contributed by atoms with Crippen LogP contribution in [0, 0.1) is 17.4 Å². The summed E-state index contributed by atoms with van der Waals surface area (Å²) in [6.07, 6.45) is -2.40. The van der Waals surface area contributed by atoms with Gasteiger partial charge in [-0.25, -0.2) is 4.39 Å². The van der Waals surface area contributed by atoms with Crippen LogP contribution >= 0.6 is 7.37 Å².